The normalized spacial score (nSPS) is 11.2. The van der Waals surface area contributed by atoms with Crippen molar-refractivity contribution in [2.24, 2.45) is 0 Å². The van der Waals surface area contributed by atoms with Crippen LogP contribution in [0.3, 0.4) is 0 Å². The lowest BCUT2D eigenvalue weighted by atomic mass is 10.1. The zero-order valence-corrected chi connectivity index (χ0v) is 13.4. The fourth-order valence-electron chi connectivity index (χ4n) is 1.84. The third-order valence-electron chi connectivity index (χ3n) is 2.91. The van der Waals surface area contributed by atoms with E-state index in [-0.39, 0.29) is 24.0 Å². The number of ether oxygens (including phenoxy) is 1. The molecule has 0 unspecified atom stereocenters. The van der Waals surface area contributed by atoms with Crippen LogP contribution in [0.2, 0.25) is 0 Å². The summed E-state index contributed by atoms with van der Waals surface area (Å²) in [6.45, 7) is 1.71. The van der Waals surface area contributed by atoms with E-state index in [1.807, 2.05) is 12.1 Å². The Labute approximate surface area is 135 Å². The van der Waals surface area contributed by atoms with Crippen molar-refractivity contribution in [3.63, 3.8) is 0 Å². The maximum absolute atomic E-state index is 11.9. The van der Waals surface area contributed by atoms with Crippen molar-refractivity contribution < 1.29 is 22.2 Å². The van der Waals surface area contributed by atoms with Crippen molar-refractivity contribution in [3.05, 3.63) is 65.7 Å². The van der Waals surface area contributed by atoms with E-state index in [1.165, 1.54) is 19.1 Å². The number of carbonyl (C=O) groups is 1. The predicted octanol–water partition coefficient (Wildman–Crippen LogP) is 2.16. The van der Waals surface area contributed by atoms with Gasteiger partial charge < -0.3 is 4.74 Å². The third kappa shape index (κ3) is 5.48. The van der Waals surface area contributed by atoms with Gasteiger partial charge in [0.2, 0.25) is 0 Å². The molecule has 0 aliphatic heterocycles. The van der Waals surface area contributed by atoms with E-state index in [0.29, 0.717) is 0 Å². The number of hydrogen-bond donors (Lipinski definition) is 1. The van der Waals surface area contributed by atoms with Crippen LogP contribution in [0, 0.1) is 0 Å². The average molecular weight is 335 g/mol. The summed E-state index contributed by atoms with van der Waals surface area (Å²) in [6, 6.07) is 15.1. The Bertz CT molecular complexity index is 759. The lowest BCUT2D eigenvalue weighted by molar-refractivity contribution is -0.142. The van der Waals surface area contributed by atoms with Crippen molar-refractivity contribution in [2.75, 3.05) is 0 Å². The van der Waals surface area contributed by atoms with Gasteiger partial charge in [-0.05, 0) is 23.3 Å². The van der Waals surface area contributed by atoms with Crippen LogP contribution in [-0.2, 0) is 37.1 Å². The molecule has 0 saturated heterocycles. The second-order valence-electron chi connectivity index (χ2n) is 4.77. The first kappa shape index (κ1) is 17.1. The van der Waals surface area contributed by atoms with Gasteiger partial charge in [0.05, 0.1) is 4.90 Å². The smallest absolute Gasteiger partial charge is 0.312 e. The maximum atomic E-state index is 11.9. The lowest BCUT2D eigenvalue weighted by Gasteiger charge is -2.08. The number of benzene rings is 2. The fraction of sp³-hybridized carbons (Fsp3) is 0.188. The molecule has 0 radical (unpaired) electrons. The number of hydroxylamine groups is 1. The van der Waals surface area contributed by atoms with Gasteiger partial charge in [0.15, 0.2) is 0 Å². The standard InChI is InChI=1S/C16H17NO5S/c1-13(18)21-12-15-7-5-6-14(10-15)11-17-22-23(19,20)16-8-3-2-4-9-16/h2-10,17H,11-12H2,1H3. The Morgan fingerprint density at radius 3 is 2.43 bits per heavy atom. The summed E-state index contributed by atoms with van der Waals surface area (Å²) in [6.07, 6.45) is 0. The van der Waals surface area contributed by atoms with E-state index in [0.717, 1.165) is 11.1 Å². The van der Waals surface area contributed by atoms with Crippen LogP contribution in [0.1, 0.15) is 18.1 Å². The Balaban J connectivity index is 1.91. The Hall–Kier alpha value is -2.22. The van der Waals surface area contributed by atoms with Crippen LogP contribution < -0.4 is 5.48 Å². The zero-order valence-electron chi connectivity index (χ0n) is 12.6. The Morgan fingerprint density at radius 1 is 1.04 bits per heavy atom. The molecule has 2 aromatic rings. The van der Waals surface area contributed by atoms with Crippen LogP contribution >= 0.6 is 0 Å². The summed E-state index contributed by atoms with van der Waals surface area (Å²) in [5.41, 5.74) is 4.05. The summed E-state index contributed by atoms with van der Waals surface area (Å²) in [5, 5.41) is 0. The maximum Gasteiger partial charge on any atom is 0.312 e. The van der Waals surface area contributed by atoms with Gasteiger partial charge in [-0.2, -0.15) is 18.2 Å². The molecule has 0 amide bonds. The van der Waals surface area contributed by atoms with Crippen molar-refractivity contribution >= 4 is 16.1 Å². The molecule has 1 N–H and O–H groups in total. The quantitative estimate of drug-likeness (QED) is 0.617. The SMILES string of the molecule is CC(=O)OCc1cccc(CNOS(=O)(=O)c2ccccc2)c1. The van der Waals surface area contributed by atoms with E-state index in [9.17, 15) is 13.2 Å². The van der Waals surface area contributed by atoms with Crippen LogP contribution in [0.4, 0.5) is 0 Å². The summed E-state index contributed by atoms with van der Waals surface area (Å²) in [4.78, 5) is 10.9. The van der Waals surface area contributed by atoms with Crippen LogP contribution in [0.25, 0.3) is 0 Å². The van der Waals surface area contributed by atoms with E-state index < -0.39 is 10.1 Å². The van der Waals surface area contributed by atoms with Gasteiger partial charge in [-0.25, -0.2) is 0 Å². The molecule has 122 valence electrons. The van der Waals surface area contributed by atoms with E-state index >= 15 is 0 Å². The Kier molecular flexibility index (Phi) is 5.86. The molecular formula is C16H17NO5S. The molecule has 2 rings (SSSR count). The molecule has 0 fully saturated rings. The highest BCUT2D eigenvalue weighted by molar-refractivity contribution is 7.86. The fourth-order valence-corrected chi connectivity index (χ4v) is 2.64. The average Bonchev–Trinajstić information content (AvgIpc) is 2.54. The first-order chi connectivity index (χ1) is 11.0. The van der Waals surface area contributed by atoms with Gasteiger partial charge in [-0.3, -0.25) is 4.79 Å². The highest BCUT2D eigenvalue weighted by atomic mass is 32.2. The molecule has 0 spiro atoms. The summed E-state index contributed by atoms with van der Waals surface area (Å²) in [7, 11) is -3.84. The minimum atomic E-state index is -3.84. The second-order valence-corrected chi connectivity index (χ2v) is 6.32. The molecule has 0 atom stereocenters. The predicted molar refractivity (Wildman–Crippen MR) is 83.5 cm³/mol. The summed E-state index contributed by atoms with van der Waals surface area (Å²) < 4.78 is 33.6. The molecule has 23 heavy (non-hydrogen) atoms. The molecule has 0 aliphatic rings. The molecule has 0 saturated carbocycles. The number of esters is 1. The van der Waals surface area contributed by atoms with E-state index in [1.54, 1.807) is 30.3 Å². The van der Waals surface area contributed by atoms with Crippen molar-refractivity contribution in [2.45, 2.75) is 25.0 Å². The van der Waals surface area contributed by atoms with Gasteiger partial charge in [-0.15, -0.1) is 0 Å². The first-order valence-corrected chi connectivity index (χ1v) is 8.31. The van der Waals surface area contributed by atoms with Crippen LogP contribution in [0.15, 0.2) is 59.5 Å². The second kappa shape index (κ2) is 7.87. The van der Waals surface area contributed by atoms with E-state index in [4.69, 9.17) is 9.02 Å². The molecule has 0 heterocycles. The molecule has 0 bridgehead atoms. The summed E-state index contributed by atoms with van der Waals surface area (Å²) >= 11 is 0. The van der Waals surface area contributed by atoms with Gasteiger partial charge in [-0.1, -0.05) is 42.5 Å². The molecule has 6 nitrogen and oxygen atoms in total. The van der Waals surface area contributed by atoms with Gasteiger partial charge >= 0.3 is 16.1 Å². The van der Waals surface area contributed by atoms with E-state index in [2.05, 4.69) is 5.48 Å². The highest BCUT2D eigenvalue weighted by Crippen LogP contribution is 2.11. The third-order valence-corrected chi connectivity index (χ3v) is 4.10. The largest absolute Gasteiger partial charge is 0.461 e. The van der Waals surface area contributed by atoms with Crippen LogP contribution in [-0.4, -0.2) is 14.4 Å². The monoisotopic (exact) mass is 335 g/mol. The number of rotatable bonds is 7. The first-order valence-electron chi connectivity index (χ1n) is 6.90. The topological polar surface area (TPSA) is 81.7 Å². The minimum absolute atomic E-state index is 0.0797. The number of hydrogen-bond acceptors (Lipinski definition) is 6. The lowest BCUT2D eigenvalue weighted by Crippen LogP contribution is -2.20. The van der Waals surface area contributed by atoms with Gasteiger partial charge in [0.1, 0.15) is 6.61 Å². The van der Waals surface area contributed by atoms with Crippen molar-refractivity contribution in [1.82, 2.24) is 5.48 Å². The zero-order chi connectivity index (χ0) is 16.7. The number of carbonyl (C=O) groups excluding carboxylic acids is 1. The molecule has 0 aromatic heterocycles. The van der Waals surface area contributed by atoms with Crippen molar-refractivity contribution in [3.8, 4) is 0 Å². The summed E-state index contributed by atoms with van der Waals surface area (Å²) in [5.74, 6) is -0.356. The minimum Gasteiger partial charge on any atom is -0.461 e. The Morgan fingerprint density at radius 2 is 1.74 bits per heavy atom. The van der Waals surface area contributed by atoms with Gasteiger partial charge in [0.25, 0.3) is 0 Å². The molecule has 2 aromatic carbocycles. The molecule has 0 aliphatic carbocycles. The van der Waals surface area contributed by atoms with Gasteiger partial charge in [0, 0.05) is 13.5 Å². The highest BCUT2D eigenvalue weighted by Gasteiger charge is 2.14. The molecular weight excluding hydrogens is 318 g/mol. The van der Waals surface area contributed by atoms with Crippen molar-refractivity contribution in [1.29, 1.82) is 0 Å². The van der Waals surface area contributed by atoms with Crippen LogP contribution in [0.5, 0.6) is 0 Å². The number of nitrogens with one attached hydrogen (secondary N) is 1. The molecule has 7 heteroatoms.